The first-order valence-electron chi connectivity index (χ1n) is 11.0. The van der Waals surface area contributed by atoms with Gasteiger partial charge in [0, 0.05) is 22.2 Å². The molecule has 9 heteroatoms. The topological polar surface area (TPSA) is 58.6 Å². The van der Waals surface area contributed by atoms with Gasteiger partial charge in [0.25, 0.3) is 0 Å². The zero-order chi connectivity index (χ0) is 24.4. The van der Waals surface area contributed by atoms with Gasteiger partial charge in [-0.3, -0.25) is 0 Å². The van der Waals surface area contributed by atoms with Gasteiger partial charge >= 0.3 is 8.25 Å². The van der Waals surface area contributed by atoms with E-state index in [1.54, 1.807) is 12.1 Å². The minimum atomic E-state index is -2.63. The van der Waals surface area contributed by atoms with E-state index in [2.05, 4.69) is 23.7 Å². The van der Waals surface area contributed by atoms with Gasteiger partial charge in [0.15, 0.2) is 0 Å². The van der Waals surface area contributed by atoms with Gasteiger partial charge in [-0.1, -0.05) is 50.4 Å². The van der Waals surface area contributed by atoms with Gasteiger partial charge < -0.3 is 5.32 Å². The summed E-state index contributed by atoms with van der Waals surface area (Å²) in [4.78, 5) is 8.54. The number of unbranched alkanes of at least 4 members (excludes halogenated alkanes) is 2. The summed E-state index contributed by atoms with van der Waals surface area (Å²) in [6, 6.07) is 7.70. The van der Waals surface area contributed by atoms with Crippen molar-refractivity contribution in [3.8, 4) is 0 Å². The second-order valence-corrected chi connectivity index (χ2v) is 9.79. The highest BCUT2D eigenvalue weighted by Crippen LogP contribution is 2.31. The average Bonchev–Trinajstić information content (AvgIpc) is 2.75. The molecule has 0 aromatic heterocycles. The molecule has 0 aliphatic rings. The zero-order valence-corrected chi connectivity index (χ0v) is 20.6. The average molecular weight is 505 g/mol. The molecule has 0 aliphatic heterocycles. The van der Waals surface area contributed by atoms with Crippen molar-refractivity contribution in [3.05, 3.63) is 69.5 Å². The van der Waals surface area contributed by atoms with Crippen LogP contribution in [0.5, 0.6) is 0 Å². The quantitative estimate of drug-likeness (QED) is 0.165. The fraction of sp³-hybridized carbons (Fsp3) is 0.500. The summed E-state index contributed by atoms with van der Waals surface area (Å²) in [7, 11) is -2.63. The number of hydrogen-bond donors (Lipinski definition) is 2. The first kappa shape index (κ1) is 27.7. The molecule has 2 aromatic carbocycles. The summed E-state index contributed by atoms with van der Waals surface area (Å²) in [5, 5.41) is 2.76. The summed E-state index contributed by atoms with van der Waals surface area (Å²) in [6.45, 7) is 4.82. The monoisotopic (exact) mass is 504 g/mol. The number of benzene rings is 2. The van der Waals surface area contributed by atoms with Crippen LogP contribution in [0.15, 0.2) is 30.3 Å². The molecule has 0 saturated carbocycles. The molecule has 0 radical (unpaired) electrons. The molecule has 2 N–H and O–H groups in total. The van der Waals surface area contributed by atoms with E-state index in [4.69, 9.17) is 16.5 Å². The Balaban J connectivity index is 1.80. The Morgan fingerprint density at radius 2 is 1.79 bits per heavy atom. The number of nitrogens with one attached hydrogen (secondary N) is 1. The van der Waals surface area contributed by atoms with Crippen LogP contribution < -0.4 is 5.32 Å². The third-order valence-corrected chi connectivity index (χ3v) is 6.50. The van der Waals surface area contributed by atoms with Gasteiger partial charge in [-0.2, -0.15) is 0 Å². The van der Waals surface area contributed by atoms with Gasteiger partial charge in [-0.25, -0.2) is 13.2 Å². The second kappa shape index (κ2) is 13.4. The molecular weight excluding hydrogens is 474 g/mol. The lowest BCUT2D eigenvalue weighted by atomic mass is 9.80. The van der Waals surface area contributed by atoms with Gasteiger partial charge in [-0.05, 0) is 61.4 Å². The third-order valence-electron chi connectivity index (χ3n) is 5.70. The predicted octanol–water partition coefficient (Wildman–Crippen LogP) is 6.98. The van der Waals surface area contributed by atoms with Gasteiger partial charge in [0.2, 0.25) is 0 Å². The maximum atomic E-state index is 14.6. The van der Waals surface area contributed by atoms with E-state index in [9.17, 15) is 17.7 Å². The summed E-state index contributed by atoms with van der Waals surface area (Å²) in [5.74, 6) is -1.41. The molecule has 1 atom stereocenters. The SMILES string of the molecule is CC(C)(CCCCCc1c(F)cc(CNCCCO[P+](=O)O)c(F)c1Cl)c1ccc(F)cc1. The number of rotatable bonds is 14. The fourth-order valence-electron chi connectivity index (χ4n) is 3.69. The Hall–Kier alpha value is -1.50. The molecule has 2 rings (SSSR count). The summed E-state index contributed by atoms with van der Waals surface area (Å²) >= 11 is 6.13. The Morgan fingerprint density at radius 3 is 2.45 bits per heavy atom. The molecule has 0 amide bonds. The third kappa shape index (κ3) is 8.99. The molecule has 4 nitrogen and oxygen atoms in total. The highest BCUT2D eigenvalue weighted by Gasteiger charge is 2.21. The van der Waals surface area contributed by atoms with Crippen molar-refractivity contribution in [2.24, 2.45) is 0 Å². The molecule has 0 spiro atoms. The first-order chi connectivity index (χ1) is 15.6. The molecule has 0 aliphatic carbocycles. The summed E-state index contributed by atoms with van der Waals surface area (Å²) in [6.07, 6.45) is 4.13. The summed E-state index contributed by atoms with van der Waals surface area (Å²) < 4.78 is 57.3. The van der Waals surface area contributed by atoms with Gasteiger partial charge in [0.1, 0.15) is 24.1 Å². The molecule has 33 heavy (non-hydrogen) atoms. The van der Waals surface area contributed by atoms with Crippen molar-refractivity contribution >= 4 is 19.9 Å². The van der Waals surface area contributed by atoms with Crippen LogP contribution in [-0.2, 0) is 27.5 Å². The minimum Gasteiger partial charge on any atom is -0.312 e. The Labute approximate surface area is 199 Å². The molecule has 182 valence electrons. The van der Waals surface area contributed by atoms with Gasteiger partial charge in [0.05, 0.1) is 5.02 Å². The van der Waals surface area contributed by atoms with E-state index in [0.717, 1.165) is 24.8 Å². The van der Waals surface area contributed by atoms with Crippen LogP contribution >= 0.6 is 19.9 Å². The van der Waals surface area contributed by atoms with Crippen LogP contribution in [0.4, 0.5) is 13.2 Å². The lowest BCUT2D eigenvalue weighted by molar-refractivity contribution is 0.276. The second-order valence-electron chi connectivity index (χ2n) is 8.68. The Morgan fingerprint density at radius 1 is 1.09 bits per heavy atom. The van der Waals surface area contributed by atoms with E-state index < -0.39 is 19.9 Å². The van der Waals surface area contributed by atoms with E-state index in [0.29, 0.717) is 25.8 Å². The van der Waals surface area contributed by atoms with E-state index in [-0.39, 0.29) is 40.5 Å². The molecule has 2 aromatic rings. The first-order valence-corrected chi connectivity index (χ1v) is 12.5. The van der Waals surface area contributed by atoms with Crippen molar-refractivity contribution in [2.45, 2.75) is 64.3 Å². The van der Waals surface area contributed by atoms with Crippen LogP contribution in [0.25, 0.3) is 0 Å². The van der Waals surface area contributed by atoms with E-state index in [1.807, 2.05) is 0 Å². The van der Waals surface area contributed by atoms with Gasteiger partial charge in [-0.15, -0.1) is 9.42 Å². The predicted molar refractivity (Wildman–Crippen MR) is 125 cm³/mol. The van der Waals surface area contributed by atoms with Crippen molar-refractivity contribution in [3.63, 3.8) is 0 Å². The molecule has 0 fully saturated rings. The molecule has 0 heterocycles. The fourth-order valence-corrected chi connectivity index (χ4v) is 4.28. The lowest BCUT2D eigenvalue weighted by Gasteiger charge is -2.25. The Kier molecular flexibility index (Phi) is 11.3. The maximum Gasteiger partial charge on any atom is 0.694 e. The normalized spacial score (nSPS) is 12.3. The van der Waals surface area contributed by atoms with Crippen molar-refractivity contribution in [1.82, 2.24) is 5.32 Å². The van der Waals surface area contributed by atoms with Crippen LogP contribution in [0.3, 0.4) is 0 Å². The molecule has 0 saturated heterocycles. The Bertz CT molecular complexity index is 926. The standard InChI is InChI=1S/C24H30ClF3NO3P/c1-24(2,18-8-10-19(26)11-9-18)12-5-3-4-7-20-21(27)15-17(23(28)22(20)25)16-29-13-6-14-32-33(30)31/h8-11,15,29H,3-7,12-14,16H2,1-2H3/p+1. The minimum absolute atomic E-state index is 0.0898. The van der Waals surface area contributed by atoms with Crippen LogP contribution in [0.1, 0.15) is 62.6 Å². The molecule has 1 unspecified atom stereocenters. The maximum absolute atomic E-state index is 14.6. The van der Waals surface area contributed by atoms with E-state index in [1.165, 1.54) is 18.2 Å². The highest BCUT2D eigenvalue weighted by atomic mass is 35.5. The largest absolute Gasteiger partial charge is 0.694 e. The van der Waals surface area contributed by atoms with Crippen LogP contribution in [0, 0.1) is 17.5 Å². The zero-order valence-electron chi connectivity index (χ0n) is 19.0. The lowest BCUT2D eigenvalue weighted by Crippen LogP contribution is -2.17. The van der Waals surface area contributed by atoms with Crippen molar-refractivity contribution in [2.75, 3.05) is 13.2 Å². The van der Waals surface area contributed by atoms with Crippen molar-refractivity contribution < 1.29 is 27.2 Å². The van der Waals surface area contributed by atoms with Crippen LogP contribution in [0.2, 0.25) is 5.02 Å². The summed E-state index contributed by atoms with van der Waals surface area (Å²) in [5.41, 5.74) is 1.30. The highest BCUT2D eigenvalue weighted by molar-refractivity contribution is 7.32. The smallest absolute Gasteiger partial charge is 0.312 e. The molecule has 0 bridgehead atoms. The number of hydrogen-bond acceptors (Lipinski definition) is 3. The van der Waals surface area contributed by atoms with Crippen LogP contribution in [-0.4, -0.2) is 18.0 Å². The number of halogens is 4. The van der Waals surface area contributed by atoms with E-state index >= 15 is 0 Å². The van der Waals surface area contributed by atoms with Crippen molar-refractivity contribution in [1.29, 1.82) is 0 Å². The molecular formula is C24H31ClF3NO3P+.